The van der Waals surface area contributed by atoms with Crippen molar-refractivity contribution in [3.8, 4) is 5.69 Å². The normalized spacial score (nSPS) is 11.5. The molecule has 0 aliphatic rings. The Morgan fingerprint density at radius 3 is 2.68 bits per heavy atom. The molecule has 0 aliphatic carbocycles. The van der Waals surface area contributed by atoms with E-state index in [1.54, 1.807) is 24.3 Å². The molecule has 0 saturated carbocycles. The van der Waals surface area contributed by atoms with Crippen LogP contribution < -0.4 is 5.32 Å². The number of nitrogens with zero attached hydrogens (tertiary/aromatic N) is 4. The third-order valence-electron chi connectivity index (χ3n) is 3.31. The maximum atomic E-state index is 12.0. The number of rotatable bonds is 7. The van der Waals surface area contributed by atoms with Gasteiger partial charge in [-0.3, -0.25) is 4.79 Å². The van der Waals surface area contributed by atoms with Gasteiger partial charge in [-0.1, -0.05) is 11.3 Å². The molecule has 0 aliphatic heterocycles. The highest BCUT2D eigenvalue weighted by Gasteiger charge is 2.18. The predicted molar refractivity (Wildman–Crippen MR) is 89.0 cm³/mol. The van der Waals surface area contributed by atoms with E-state index in [9.17, 15) is 18.0 Å². The van der Waals surface area contributed by atoms with Crippen LogP contribution in [0.3, 0.4) is 0 Å². The van der Waals surface area contributed by atoms with Crippen LogP contribution >= 0.6 is 0 Å². The number of hydrogen-bond donors (Lipinski definition) is 2. The van der Waals surface area contributed by atoms with E-state index >= 15 is 0 Å². The first-order chi connectivity index (χ1) is 11.7. The molecule has 1 amide bonds. The Bertz CT molecular complexity index is 893. The second kappa shape index (κ2) is 7.40. The molecule has 0 unspecified atom stereocenters. The number of carboxylic acid groups (broad SMARTS) is 1. The zero-order valence-electron chi connectivity index (χ0n) is 13.6. The highest BCUT2D eigenvalue weighted by molar-refractivity contribution is 7.89. The molecule has 1 heterocycles. The smallest absolute Gasteiger partial charge is 0.358 e. The van der Waals surface area contributed by atoms with E-state index in [4.69, 9.17) is 5.11 Å². The van der Waals surface area contributed by atoms with Crippen molar-refractivity contribution in [3.05, 3.63) is 36.2 Å². The highest BCUT2D eigenvalue weighted by Crippen LogP contribution is 2.14. The van der Waals surface area contributed by atoms with Crippen LogP contribution in [0.2, 0.25) is 0 Å². The van der Waals surface area contributed by atoms with Gasteiger partial charge in [-0.25, -0.2) is 17.9 Å². The van der Waals surface area contributed by atoms with Gasteiger partial charge in [0.15, 0.2) is 5.69 Å². The van der Waals surface area contributed by atoms with E-state index in [2.05, 4.69) is 15.6 Å². The lowest BCUT2D eigenvalue weighted by Gasteiger charge is -2.15. The first kappa shape index (κ1) is 18.5. The van der Waals surface area contributed by atoms with Crippen molar-refractivity contribution in [2.75, 3.05) is 24.7 Å². The fraction of sp³-hybridized carbons (Fsp3) is 0.286. The van der Waals surface area contributed by atoms with Gasteiger partial charge in [-0.15, -0.1) is 5.10 Å². The summed E-state index contributed by atoms with van der Waals surface area (Å²) in [6, 6.07) is 6.47. The molecule has 2 N–H and O–H groups in total. The van der Waals surface area contributed by atoms with E-state index in [1.807, 2.05) is 0 Å². The fourth-order valence-electron chi connectivity index (χ4n) is 1.94. The summed E-state index contributed by atoms with van der Waals surface area (Å²) in [7, 11) is -2.12. The van der Waals surface area contributed by atoms with Gasteiger partial charge in [0.05, 0.1) is 24.2 Å². The molecular formula is C14H17N5O5S. The molecule has 0 saturated heterocycles. The van der Waals surface area contributed by atoms with Gasteiger partial charge in [0.25, 0.3) is 0 Å². The fourth-order valence-corrected chi connectivity index (χ4v) is 2.69. The summed E-state index contributed by atoms with van der Waals surface area (Å²) in [4.78, 5) is 22.8. The summed E-state index contributed by atoms with van der Waals surface area (Å²) in [5.41, 5.74) is 0.699. The van der Waals surface area contributed by atoms with Gasteiger partial charge in [0.2, 0.25) is 15.9 Å². The number of aromatic nitrogens is 3. The Hall–Kier alpha value is -2.79. The highest BCUT2D eigenvalue weighted by atomic mass is 32.2. The number of nitrogens with one attached hydrogen (secondary N) is 1. The van der Waals surface area contributed by atoms with Crippen LogP contribution in [0.5, 0.6) is 0 Å². The van der Waals surface area contributed by atoms with Crippen LogP contribution in [0.4, 0.5) is 5.69 Å². The lowest BCUT2D eigenvalue weighted by Crippen LogP contribution is -2.35. The lowest BCUT2D eigenvalue weighted by molar-refractivity contribution is -0.116. The molecule has 134 valence electrons. The van der Waals surface area contributed by atoms with E-state index in [0.717, 1.165) is 4.31 Å². The van der Waals surface area contributed by atoms with Crippen LogP contribution in [0.25, 0.3) is 5.69 Å². The van der Waals surface area contributed by atoms with Gasteiger partial charge in [-0.05, 0) is 25.1 Å². The third-order valence-corrected chi connectivity index (χ3v) is 5.12. The minimum Gasteiger partial charge on any atom is -0.476 e. The number of carboxylic acids is 1. The molecule has 0 fully saturated rings. The first-order valence-corrected chi connectivity index (χ1v) is 8.84. The van der Waals surface area contributed by atoms with E-state index in [-0.39, 0.29) is 18.0 Å². The van der Waals surface area contributed by atoms with Crippen molar-refractivity contribution >= 4 is 27.6 Å². The quantitative estimate of drug-likeness (QED) is 0.713. The zero-order chi connectivity index (χ0) is 18.6. The number of carbonyl (C=O) groups is 2. The monoisotopic (exact) mass is 367 g/mol. The minimum absolute atomic E-state index is 0.0928. The molecule has 2 rings (SSSR count). The van der Waals surface area contributed by atoms with Crippen molar-refractivity contribution < 1.29 is 23.1 Å². The first-order valence-electron chi connectivity index (χ1n) is 7.23. The largest absolute Gasteiger partial charge is 0.476 e. The second-order valence-electron chi connectivity index (χ2n) is 5.11. The van der Waals surface area contributed by atoms with E-state index in [1.165, 1.54) is 24.9 Å². The number of anilines is 1. The van der Waals surface area contributed by atoms with E-state index < -0.39 is 21.9 Å². The average molecular weight is 367 g/mol. The summed E-state index contributed by atoms with van der Waals surface area (Å²) >= 11 is 0. The van der Waals surface area contributed by atoms with Gasteiger partial charge in [0.1, 0.15) is 0 Å². The number of aromatic carboxylic acids is 1. The van der Waals surface area contributed by atoms with Crippen molar-refractivity contribution in [1.82, 2.24) is 19.3 Å². The van der Waals surface area contributed by atoms with Crippen LogP contribution in [0.15, 0.2) is 30.5 Å². The number of carbonyl (C=O) groups excluding carboxylic acids is 1. The van der Waals surface area contributed by atoms with Crippen molar-refractivity contribution in [3.63, 3.8) is 0 Å². The maximum Gasteiger partial charge on any atom is 0.358 e. The summed E-state index contributed by atoms with van der Waals surface area (Å²) in [5, 5.41) is 18.7. The second-order valence-corrected chi connectivity index (χ2v) is 7.47. The minimum atomic E-state index is -3.45. The van der Waals surface area contributed by atoms with Crippen molar-refractivity contribution in [2.45, 2.75) is 6.92 Å². The Balaban J connectivity index is 2.11. The van der Waals surface area contributed by atoms with Gasteiger partial charge < -0.3 is 10.4 Å². The molecule has 2 aromatic rings. The summed E-state index contributed by atoms with van der Waals surface area (Å²) in [5.74, 6) is -1.79. The molecule has 0 atom stereocenters. The summed E-state index contributed by atoms with van der Waals surface area (Å²) in [6.07, 6.45) is 1.24. The summed E-state index contributed by atoms with van der Waals surface area (Å²) < 4.78 is 25.6. The van der Waals surface area contributed by atoms with Crippen molar-refractivity contribution in [2.24, 2.45) is 0 Å². The third kappa shape index (κ3) is 4.61. The molecule has 0 spiro atoms. The van der Waals surface area contributed by atoms with Gasteiger partial charge in [0, 0.05) is 12.7 Å². The van der Waals surface area contributed by atoms with Gasteiger partial charge >= 0.3 is 5.97 Å². The van der Waals surface area contributed by atoms with E-state index in [0.29, 0.717) is 11.4 Å². The average Bonchev–Trinajstić information content (AvgIpc) is 3.05. The van der Waals surface area contributed by atoms with Crippen LogP contribution in [0.1, 0.15) is 17.4 Å². The molecule has 11 heteroatoms. The predicted octanol–water partition coefficient (Wildman–Crippen LogP) is 0.185. The maximum absolute atomic E-state index is 12.0. The number of sulfonamides is 1. The topological polar surface area (TPSA) is 134 Å². The Kier molecular flexibility index (Phi) is 5.49. The number of amides is 1. The standard InChI is InChI=1S/C14H17N5O5S/c1-3-25(23,24)18(2)9-13(20)15-10-5-4-6-11(7-10)19-8-12(14(21)22)16-17-19/h4-8H,3,9H2,1-2H3,(H,15,20)(H,21,22). The Morgan fingerprint density at radius 1 is 1.36 bits per heavy atom. The molecule has 1 aromatic heterocycles. The molecule has 0 radical (unpaired) electrons. The molecule has 25 heavy (non-hydrogen) atoms. The van der Waals surface area contributed by atoms with Crippen LogP contribution in [-0.2, 0) is 14.8 Å². The lowest BCUT2D eigenvalue weighted by atomic mass is 10.2. The van der Waals surface area contributed by atoms with Crippen LogP contribution in [-0.4, -0.2) is 64.0 Å². The van der Waals surface area contributed by atoms with Gasteiger partial charge in [-0.2, -0.15) is 4.31 Å². The van der Waals surface area contributed by atoms with Crippen molar-refractivity contribution in [1.29, 1.82) is 0 Å². The van der Waals surface area contributed by atoms with Crippen LogP contribution in [0, 0.1) is 0 Å². The molecule has 1 aromatic carbocycles. The Labute approximate surface area is 144 Å². The summed E-state index contributed by atoms with van der Waals surface area (Å²) in [6.45, 7) is 1.18. The number of hydrogen-bond acceptors (Lipinski definition) is 6. The molecular weight excluding hydrogens is 350 g/mol. The zero-order valence-corrected chi connectivity index (χ0v) is 14.4. The number of likely N-dealkylation sites (N-methyl/N-ethyl adjacent to an activating group) is 1. The molecule has 10 nitrogen and oxygen atoms in total. The Morgan fingerprint density at radius 2 is 2.08 bits per heavy atom. The number of benzene rings is 1. The SMILES string of the molecule is CCS(=O)(=O)N(C)CC(=O)Nc1cccc(-n2cc(C(=O)O)nn2)c1. The molecule has 0 bridgehead atoms.